The summed E-state index contributed by atoms with van der Waals surface area (Å²) in [6.45, 7) is 4.09. The van der Waals surface area contributed by atoms with Gasteiger partial charge in [-0.3, -0.25) is 4.79 Å². The van der Waals surface area contributed by atoms with E-state index in [0.29, 0.717) is 13.2 Å². The molecular weight excluding hydrogens is 192 g/mol. The lowest BCUT2D eigenvalue weighted by Gasteiger charge is -2.35. The number of carbonyl (C=O) groups excluding carboxylic acids is 1. The van der Waals surface area contributed by atoms with Crippen LogP contribution in [0.2, 0.25) is 0 Å². The van der Waals surface area contributed by atoms with Crippen LogP contribution in [0, 0.1) is 5.92 Å². The number of carbonyl (C=O) groups is 1. The predicted molar refractivity (Wildman–Crippen MR) is 57.3 cm³/mol. The van der Waals surface area contributed by atoms with Gasteiger partial charge in [-0.05, 0) is 19.8 Å². The maximum atomic E-state index is 12.2. The van der Waals surface area contributed by atoms with Crippen LogP contribution in [-0.4, -0.2) is 42.6 Å². The SMILES string of the molecule is CC1COCCN1C(=O)C1CCCC1N. The number of nitrogens with zero attached hydrogens (tertiary/aromatic N) is 1. The Balaban J connectivity index is 1.99. The fraction of sp³-hybridized carbons (Fsp3) is 0.909. The van der Waals surface area contributed by atoms with Crippen molar-refractivity contribution in [1.82, 2.24) is 4.90 Å². The van der Waals surface area contributed by atoms with Crippen molar-refractivity contribution >= 4 is 5.91 Å². The third kappa shape index (κ3) is 2.16. The number of amides is 1. The average molecular weight is 212 g/mol. The molecule has 0 aromatic heterocycles. The largest absolute Gasteiger partial charge is 0.377 e. The zero-order valence-corrected chi connectivity index (χ0v) is 9.32. The van der Waals surface area contributed by atoms with Gasteiger partial charge >= 0.3 is 0 Å². The molecule has 2 rings (SSSR count). The summed E-state index contributed by atoms with van der Waals surface area (Å²) in [6.07, 6.45) is 3.05. The second kappa shape index (κ2) is 4.49. The van der Waals surface area contributed by atoms with Crippen molar-refractivity contribution in [1.29, 1.82) is 0 Å². The Labute approximate surface area is 90.8 Å². The molecule has 0 aromatic carbocycles. The number of morpholine rings is 1. The Bertz CT molecular complexity index is 245. The van der Waals surface area contributed by atoms with Crippen LogP contribution < -0.4 is 5.73 Å². The van der Waals surface area contributed by atoms with Crippen LogP contribution in [-0.2, 0) is 9.53 Å². The van der Waals surface area contributed by atoms with Crippen LogP contribution in [0.1, 0.15) is 26.2 Å². The predicted octanol–water partition coefficient (Wildman–Crippen LogP) is 0.361. The first-order valence-electron chi connectivity index (χ1n) is 5.84. The van der Waals surface area contributed by atoms with E-state index in [-0.39, 0.29) is 23.9 Å². The Morgan fingerprint density at radius 2 is 2.27 bits per heavy atom. The molecule has 0 bridgehead atoms. The summed E-state index contributed by atoms with van der Waals surface area (Å²) in [5.41, 5.74) is 5.95. The third-order valence-corrected chi connectivity index (χ3v) is 3.54. The normalized spacial score (nSPS) is 36.9. The van der Waals surface area contributed by atoms with E-state index in [9.17, 15) is 4.79 Å². The van der Waals surface area contributed by atoms with Crippen molar-refractivity contribution in [3.05, 3.63) is 0 Å². The molecule has 0 radical (unpaired) electrons. The van der Waals surface area contributed by atoms with Gasteiger partial charge in [0.2, 0.25) is 5.91 Å². The minimum Gasteiger partial charge on any atom is -0.377 e. The summed E-state index contributed by atoms with van der Waals surface area (Å²) >= 11 is 0. The van der Waals surface area contributed by atoms with E-state index in [1.54, 1.807) is 0 Å². The van der Waals surface area contributed by atoms with Gasteiger partial charge in [0.25, 0.3) is 0 Å². The molecule has 4 nitrogen and oxygen atoms in total. The van der Waals surface area contributed by atoms with Crippen molar-refractivity contribution in [2.24, 2.45) is 11.7 Å². The Kier molecular flexibility index (Phi) is 3.26. The highest BCUT2D eigenvalue weighted by Crippen LogP contribution is 2.27. The quantitative estimate of drug-likeness (QED) is 0.683. The highest BCUT2D eigenvalue weighted by atomic mass is 16.5. The second-order valence-corrected chi connectivity index (χ2v) is 4.66. The van der Waals surface area contributed by atoms with Gasteiger partial charge < -0.3 is 15.4 Å². The Hall–Kier alpha value is -0.610. The molecule has 86 valence electrons. The van der Waals surface area contributed by atoms with Crippen LogP contribution in [0.3, 0.4) is 0 Å². The highest BCUT2D eigenvalue weighted by molar-refractivity contribution is 5.80. The number of rotatable bonds is 1. The van der Waals surface area contributed by atoms with Gasteiger partial charge in [-0.2, -0.15) is 0 Å². The summed E-state index contributed by atoms with van der Waals surface area (Å²) in [6, 6.07) is 0.284. The molecule has 1 amide bonds. The van der Waals surface area contributed by atoms with Crippen molar-refractivity contribution in [2.75, 3.05) is 19.8 Å². The van der Waals surface area contributed by atoms with Crippen LogP contribution in [0.5, 0.6) is 0 Å². The minimum absolute atomic E-state index is 0.0607. The van der Waals surface area contributed by atoms with Gasteiger partial charge in [-0.25, -0.2) is 0 Å². The topological polar surface area (TPSA) is 55.6 Å². The van der Waals surface area contributed by atoms with E-state index in [1.165, 1.54) is 0 Å². The average Bonchev–Trinajstić information content (AvgIpc) is 2.64. The molecule has 0 aromatic rings. The van der Waals surface area contributed by atoms with Crippen molar-refractivity contribution in [2.45, 2.75) is 38.3 Å². The second-order valence-electron chi connectivity index (χ2n) is 4.66. The third-order valence-electron chi connectivity index (χ3n) is 3.54. The van der Waals surface area contributed by atoms with E-state index < -0.39 is 0 Å². The lowest BCUT2D eigenvalue weighted by Crippen LogP contribution is -2.51. The standard InChI is InChI=1S/C11H20N2O2/c1-8-7-15-6-5-13(8)11(14)9-3-2-4-10(9)12/h8-10H,2-7,12H2,1H3. The molecule has 1 saturated carbocycles. The number of hydrogen-bond donors (Lipinski definition) is 1. The molecule has 15 heavy (non-hydrogen) atoms. The molecule has 1 saturated heterocycles. The van der Waals surface area contributed by atoms with Crippen LogP contribution in [0.4, 0.5) is 0 Å². The molecule has 0 spiro atoms. The maximum absolute atomic E-state index is 12.2. The molecule has 1 heterocycles. The zero-order valence-electron chi connectivity index (χ0n) is 9.32. The van der Waals surface area contributed by atoms with Gasteiger partial charge in [0.15, 0.2) is 0 Å². The molecule has 4 heteroatoms. The van der Waals surface area contributed by atoms with Gasteiger partial charge in [0.05, 0.1) is 25.2 Å². The number of nitrogens with two attached hydrogens (primary N) is 1. The van der Waals surface area contributed by atoms with Gasteiger partial charge in [0.1, 0.15) is 0 Å². The molecule has 3 unspecified atom stereocenters. The number of hydrogen-bond acceptors (Lipinski definition) is 3. The molecule has 2 N–H and O–H groups in total. The first-order valence-corrected chi connectivity index (χ1v) is 5.84. The minimum atomic E-state index is 0.0607. The van der Waals surface area contributed by atoms with E-state index in [1.807, 2.05) is 11.8 Å². The van der Waals surface area contributed by atoms with Gasteiger partial charge in [-0.1, -0.05) is 6.42 Å². The lowest BCUT2D eigenvalue weighted by atomic mass is 10.0. The molecule has 1 aliphatic carbocycles. The molecule has 1 aliphatic heterocycles. The summed E-state index contributed by atoms with van der Waals surface area (Å²) in [5, 5.41) is 0. The molecule has 2 fully saturated rings. The number of ether oxygens (including phenoxy) is 1. The Morgan fingerprint density at radius 1 is 1.47 bits per heavy atom. The smallest absolute Gasteiger partial charge is 0.227 e. The Morgan fingerprint density at radius 3 is 2.87 bits per heavy atom. The maximum Gasteiger partial charge on any atom is 0.227 e. The summed E-state index contributed by atoms with van der Waals surface area (Å²) < 4.78 is 5.33. The van der Waals surface area contributed by atoms with E-state index in [4.69, 9.17) is 10.5 Å². The van der Waals surface area contributed by atoms with E-state index in [0.717, 1.165) is 25.8 Å². The van der Waals surface area contributed by atoms with Gasteiger partial charge in [-0.15, -0.1) is 0 Å². The summed E-state index contributed by atoms with van der Waals surface area (Å²) in [4.78, 5) is 14.2. The lowest BCUT2D eigenvalue weighted by molar-refractivity contribution is -0.143. The molecular formula is C11H20N2O2. The van der Waals surface area contributed by atoms with Crippen LogP contribution in [0.15, 0.2) is 0 Å². The molecule has 3 atom stereocenters. The summed E-state index contributed by atoms with van der Waals surface area (Å²) in [5.74, 6) is 0.307. The van der Waals surface area contributed by atoms with E-state index in [2.05, 4.69) is 0 Å². The monoisotopic (exact) mass is 212 g/mol. The van der Waals surface area contributed by atoms with Crippen LogP contribution in [0.25, 0.3) is 0 Å². The first-order chi connectivity index (χ1) is 7.20. The zero-order chi connectivity index (χ0) is 10.8. The fourth-order valence-electron chi connectivity index (χ4n) is 2.56. The fourth-order valence-corrected chi connectivity index (χ4v) is 2.56. The van der Waals surface area contributed by atoms with Gasteiger partial charge in [0, 0.05) is 12.6 Å². The van der Waals surface area contributed by atoms with E-state index >= 15 is 0 Å². The van der Waals surface area contributed by atoms with Crippen molar-refractivity contribution < 1.29 is 9.53 Å². The highest BCUT2D eigenvalue weighted by Gasteiger charge is 2.35. The first kappa shape index (κ1) is 10.9. The van der Waals surface area contributed by atoms with Crippen LogP contribution >= 0.6 is 0 Å². The van der Waals surface area contributed by atoms with Crippen molar-refractivity contribution in [3.63, 3.8) is 0 Å². The molecule has 2 aliphatic rings. The summed E-state index contributed by atoms with van der Waals surface area (Å²) in [7, 11) is 0. The van der Waals surface area contributed by atoms with Crippen molar-refractivity contribution in [3.8, 4) is 0 Å².